The van der Waals surface area contributed by atoms with E-state index < -0.39 is 10.0 Å². The van der Waals surface area contributed by atoms with Crippen LogP contribution in [0.3, 0.4) is 0 Å². The third-order valence-electron chi connectivity index (χ3n) is 3.28. The van der Waals surface area contributed by atoms with E-state index in [1.165, 1.54) is 11.4 Å². The first-order chi connectivity index (χ1) is 8.99. The summed E-state index contributed by atoms with van der Waals surface area (Å²) in [6.07, 6.45) is 1.57. The smallest absolute Gasteiger partial charge is 0.305 e. The number of nitrogens with zero attached hydrogens (tertiary/aromatic N) is 2. The number of methoxy groups -OCH3 is 1. The molecule has 112 valence electrons. The minimum atomic E-state index is -3.23. The van der Waals surface area contributed by atoms with E-state index >= 15 is 0 Å². The van der Waals surface area contributed by atoms with Crippen molar-refractivity contribution < 1.29 is 17.9 Å². The van der Waals surface area contributed by atoms with E-state index in [0.717, 1.165) is 26.1 Å². The molecule has 19 heavy (non-hydrogen) atoms. The topological polar surface area (TPSA) is 66.9 Å². The van der Waals surface area contributed by atoms with Crippen molar-refractivity contribution >= 4 is 16.0 Å². The maximum atomic E-state index is 12.1. The van der Waals surface area contributed by atoms with Crippen LogP contribution in [-0.4, -0.2) is 69.2 Å². The van der Waals surface area contributed by atoms with Crippen LogP contribution >= 0.6 is 0 Å². The molecule has 6 nitrogen and oxygen atoms in total. The third-order valence-corrected chi connectivity index (χ3v) is 5.23. The van der Waals surface area contributed by atoms with Crippen LogP contribution in [0.15, 0.2) is 0 Å². The molecular weight excluding hydrogens is 268 g/mol. The number of esters is 1. The van der Waals surface area contributed by atoms with Gasteiger partial charge in [-0.05, 0) is 19.4 Å². The van der Waals surface area contributed by atoms with E-state index in [1.54, 1.807) is 0 Å². The largest absolute Gasteiger partial charge is 0.469 e. The van der Waals surface area contributed by atoms with E-state index in [9.17, 15) is 13.2 Å². The van der Waals surface area contributed by atoms with Gasteiger partial charge in [-0.2, -0.15) is 4.31 Å². The number of ether oxygens (including phenoxy) is 1. The number of hydrogen-bond acceptors (Lipinski definition) is 5. The van der Waals surface area contributed by atoms with Gasteiger partial charge < -0.3 is 9.64 Å². The monoisotopic (exact) mass is 292 g/mol. The molecule has 0 aromatic heterocycles. The van der Waals surface area contributed by atoms with Crippen molar-refractivity contribution in [3.8, 4) is 0 Å². The summed E-state index contributed by atoms with van der Waals surface area (Å²) in [6, 6.07) is 0. The van der Waals surface area contributed by atoms with Crippen LogP contribution < -0.4 is 0 Å². The van der Waals surface area contributed by atoms with Crippen LogP contribution in [0.25, 0.3) is 0 Å². The van der Waals surface area contributed by atoms with E-state index in [1.807, 2.05) is 0 Å². The summed E-state index contributed by atoms with van der Waals surface area (Å²) in [7, 11) is -1.92. The molecular formula is C12H24N2O4S. The zero-order valence-electron chi connectivity index (χ0n) is 11.8. The summed E-state index contributed by atoms with van der Waals surface area (Å²) in [5.74, 6) is -0.335. The van der Waals surface area contributed by atoms with Gasteiger partial charge in [0, 0.05) is 32.6 Å². The third kappa shape index (κ3) is 5.46. The van der Waals surface area contributed by atoms with Crippen LogP contribution in [0.5, 0.6) is 0 Å². The molecule has 0 bridgehead atoms. The van der Waals surface area contributed by atoms with Crippen molar-refractivity contribution in [2.45, 2.75) is 26.2 Å². The van der Waals surface area contributed by atoms with Gasteiger partial charge in [0.1, 0.15) is 0 Å². The van der Waals surface area contributed by atoms with Gasteiger partial charge in [-0.15, -0.1) is 0 Å². The number of rotatable bonds is 7. The summed E-state index contributed by atoms with van der Waals surface area (Å²) in [4.78, 5) is 13.2. The van der Waals surface area contributed by atoms with E-state index in [4.69, 9.17) is 0 Å². The van der Waals surface area contributed by atoms with Gasteiger partial charge in [0.25, 0.3) is 0 Å². The first-order valence-electron chi connectivity index (χ1n) is 6.76. The van der Waals surface area contributed by atoms with E-state index in [0.29, 0.717) is 19.5 Å². The van der Waals surface area contributed by atoms with Gasteiger partial charge in [-0.3, -0.25) is 4.79 Å². The van der Waals surface area contributed by atoms with Crippen LogP contribution in [0.1, 0.15) is 26.2 Å². The van der Waals surface area contributed by atoms with Gasteiger partial charge >= 0.3 is 5.97 Å². The quantitative estimate of drug-likeness (QED) is 0.631. The lowest BCUT2D eigenvalue weighted by Crippen LogP contribution is -2.49. The zero-order chi connectivity index (χ0) is 14.3. The minimum absolute atomic E-state index is 0.0237. The second-order valence-electron chi connectivity index (χ2n) is 4.74. The summed E-state index contributed by atoms with van der Waals surface area (Å²) < 4.78 is 30.2. The van der Waals surface area contributed by atoms with Crippen molar-refractivity contribution in [3.63, 3.8) is 0 Å². The number of hydrogen-bond donors (Lipinski definition) is 0. The average Bonchev–Trinajstić information content (AvgIpc) is 2.39. The number of piperazine rings is 1. The Morgan fingerprint density at radius 3 is 2.37 bits per heavy atom. The molecule has 0 aliphatic carbocycles. The Bertz CT molecular complexity index is 375. The van der Waals surface area contributed by atoms with Gasteiger partial charge in [0.15, 0.2) is 0 Å². The number of carbonyl (C=O) groups excluding carboxylic acids is 1. The molecule has 1 aliphatic rings. The van der Waals surface area contributed by atoms with Crippen molar-refractivity contribution in [1.29, 1.82) is 0 Å². The fraction of sp³-hybridized carbons (Fsp3) is 0.917. The molecule has 7 heteroatoms. The first kappa shape index (κ1) is 16.4. The summed E-state index contributed by atoms with van der Waals surface area (Å²) in [6.45, 7) is 5.85. The Labute approximate surface area is 115 Å². The molecule has 0 amide bonds. The number of sulfonamides is 1. The highest BCUT2D eigenvalue weighted by molar-refractivity contribution is 7.89. The molecule has 1 aliphatic heterocycles. The Balaban J connectivity index is 2.36. The van der Waals surface area contributed by atoms with Gasteiger partial charge in [-0.1, -0.05) is 6.92 Å². The second-order valence-corrected chi connectivity index (χ2v) is 6.82. The Morgan fingerprint density at radius 1 is 1.21 bits per heavy atom. The summed E-state index contributed by atoms with van der Waals surface area (Å²) >= 11 is 0. The molecule has 0 saturated carbocycles. The maximum absolute atomic E-state index is 12.1. The van der Waals surface area contributed by atoms with Crippen molar-refractivity contribution in [2.75, 3.05) is 45.6 Å². The predicted molar refractivity (Wildman–Crippen MR) is 73.3 cm³/mol. The van der Waals surface area contributed by atoms with Gasteiger partial charge in [0.2, 0.25) is 10.0 Å². The van der Waals surface area contributed by atoms with Gasteiger partial charge in [0.05, 0.1) is 12.9 Å². The molecule has 0 aromatic carbocycles. The molecule has 0 radical (unpaired) electrons. The van der Waals surface area contributed by atoms with Crippen LogP contribution in [0.2, 0.25) is 0 Å². The fourth-order valence-corrected chi connectivity index (χ4v) is 3.66. The van der Waals surface area contributed by atoms with Crippen LogP contribution in [-0.2, 0) is 19.6 Å². The lowest BCUT2D eigenvalue weighted by molar-refractivity contribution is -0.140. The van der Waals surface area contributed by atoms with Crippen LogP contribution in [0.4, 0.5) is 0 Å². The molecule has 1 fully saturated rings. The van der Waals surface area contributed by atoms with Crippen molar-refractivity contribution in [3.05, 3.63) is 0 Å². The lowest BCUT2D eigenvalue weighted by atomic mass is 10.3. The highest BCUT2D eigenvalue weighted by Gasteiger charge is 2.26. The van der Waals surface area contributed by atoms with E-state index in [2.05, 4.69) is 16.6 Å². The Hall–Kier alpha value is -0.660. The zero-order valence-corrected chi connectivity index (χ0v) is 12.6. The maximum Gasteiger partial charge on any atom is 0.305 e. The van der Waals surface area contributed by atoms with Crippen molar-refractivity contribution in [2.24, 2.45) is 0 Å². The highest BCUT2D eigenvalue weighted by Crippen LogP contribution is 2.10. The first-order valence-corrected chi connectivity index (χ1v) is 8.37. The fourth-order valence-electron chi connectivity index (χ4n) is 2.18. The van der Waals surface area contributed by atoms with E-state index in [-0.39, 0.29) is 18.1 Å². The molecule has 0 atom stereocenters. The summed E-state index contributed by atoms with van der Waals surface area (Å²) in [5.41, 5.74) is 0. The molecule has 0 spiro atoms. The van der Waals surface area contributed by atoms with Gasteiger partial charge in [-0.25, -0.2) is 8.42 Å². The van der Waals surface area contributed by atoms with Crippen LogP contribution in [0, 0.1) is 0 Å². The Morgan fingerprint density at radius 2 is 1.84 bits per heavy atom. The molecule has 0 N–H and O–H groups in total. The molecule has 0 aromatic rings. The predicted octanol–water partition coefficient (Wildman–Crippen LogP) is 0.297. The minimum Gasteiger partial charge on any atom is -0.469 e. The molecule has 1 rings (SSSR count). The highest BCUT2D eigenvalue weighted by atomic mass is 32.2. The normalized spacial score (nSPS) is 18.4. The van der Waals surface area contributed by atoms with Crippen molar-refractivity contribution in [1.82, 2.24) is 9.21 Å². The molecule has 0 unspecified atom stereocenters. The second kappa shape index (κ2) is 7.81. The number of carbonyl (C=O) groups is 1. The molecule has 1 heterocycles. The summed E-state index contributed by atoms with van der Waals surface area (Å²) in [5, 5.41) is 0. The Kier molecular flexibility index (Phi) is 6.74. The molecule has 1 saturated heterocycles. The SMILES string of the molecule is CCCN1CCN(S(=O)(=O)CCCC(=O)OC)CC1. The standard InChI is InChI=1S/C12H24N2O4S/c1-3-6-13-7-9-14(10-8-13)19(16,17)11-4-5-12(15)18-2/h3-11H2,1-2H3. The average molecular weight is 292 g/mol. The lowest BCUT2D eigenvalue weighted by Gasteiger charge is -2.33.